The van der Waals surface area contributed by atoms with Gasteiger partial charge in [-0.2, -0.15) is 15.0 Å². The topological polar surface area (TPSA) is 117 Å². The van der Waals surface area contributed by atoms with Crippen molar-refractivity contribution in [1.29, 1.82) is 0 Å². The van der Waals surface area contributed by atoms with Crippen LogP contribution < -0.4 is 10.0 Å². The van der Waals surface area contributed by atoms with Crippen molar-refractivity contribution in [2.75, 3.05) is 22.9 Å². The lowest BCUT2D eigenvalue weighted by atomic mass is 9.97. The summed E-state index contributed by atoms with van der Waals surface area (Å²) >= 11 is 6.08. The summed E-state index contributed by atoms with van der Waals surface area (Å²) in [6, 6.07) is 7.29. The third-order valence-electron chi connectivity index (χ3n) is 4.17. The molecular formula is C19H28ClN5O3S. The van der Waals surface area contributed by atoms with Crippen LogP contribution in [0.4, 0.5) is 11.9 Å². The summed E-state index contributed by atoms with van der Waals surface area (Å²) in [7, 11) is -3.55. The van der Waals surface area contributed by atoms with Crippen LogP contribution in [0.1, 0.15) is 44.5 Å². The summed E-state index contributed by atoms with van der Waals surface area (Å²) in [5.41, 5.74) is 1.03. The van der Waals surface area contributed by atoms with Gasteiger partial charge in [-0.05, 0) is 36.0 Å². The zero-order valence-electron chi connectivity index (χ0n) is 17.1. The van der Waals surface area contributed by atoms with Crippen LogP contribution in [0.25, 0.3) is 0 Å². The maximum atomic E-state index is 11.6. The molecule has 0 saturated carbocycles. The molecule has 1 aromatic carbocycles. The highest BCUT2D eigenvalue weighted by Gasteiger charge is 2.17. The number of nitrogens with one attached hydrogen (secondary N) is 2. The van der Waals surface area contributed by atoms with Crippen LogP contribution >= 0.6 is 11.6 Å². The Labute approximate surface area is 177 Å². The molecule has 0 aliphatic carbocycles. The molecule has 0 amide bonds. The maximum absolute atomic E-state index is 11.6. The smallest absolute Gasteiger partial charge is 0.241 e. The van der Waals surface area contributed by atoms with Gasteiger partial charge in [0.05, 0.1) is 18.9 Å². The lowest BCUT2D eigenvalue weighted by Crippen LogP contribution is -2.27. The number of aliphatic hydroxyl groups is 1. The first-order valence-electron chi connectivity index (χ1n) is 9.41. The molecule has 0 aliphatic rings. The van der Waals surface area contributed by atoms with Gasteiger partial charge in [-0.3, -0.25) is 4.72 Å². The fraction of sp³-hybridized carbons (Fsp3) is 0.526. The summed E-state index contributed by atoms with van der Waals surface area (Å²) in [5, 5.41) is 13.3. The van der Waals surface area contributed by atoms with E-state index in [0.717, 1.165) is 11.8 Å². The Morgan fingerprint density at radius 1 is 1.14 bits per heavy atom. The quantitative estimate of drug-likeness (QED) is 0.518. The third kappa shape index (κ3) is 8.12. The number of hydrogen-bond donors (Lipinski definition) is 3. The molecule has 2 aromatic rings. The molecule has 1 aromatic heterocycles. The first-order chi connectivity index (χ1) is 13.6. The minimum absolute atomic E-state index is 0.0549. The molecule has 1 unspecified atom stereocenters. The Hall–Kier alpha value is -1.97. The first kappa shape index (κ1) is 23.3. The van der Waals surface area contributed by atoms with Crippen molar-refractivity contribution >= 4 is 33.5 Å². The van der Waals surface area contributed by atoms with E-state index >= 15 is 0 Å². The summed E-state index contributed by atoms with van der Waals surface area (Å²) in [4.78, 5) is 12.8. The van der Waals surface area contributed by atoms with E-state index in [9.17, 15) is 13.5 Å². The number of anilines is 2. The van der Waals surface area contributed by atoms with Gasteiger partial charge in [0.2, 0.25) is 21.9 Å². The second kappa shape index (κ2) is 10.2. The Morgan fingerprint density at radius 3 is 2.41 bits per heavy atom. The minimum atomic E-state index is -3.55. The van der Waals surface area contributed by atoms with Crippen molar-refractivity contribution < 1.29 is 13.5 Å². The summed E-state index contributed by atoms with van der Waals surface area (Å²) in [6.45, 7) is 6.02. The molecule has 8 nitrogen and oxygen atoms in total. The second-order valence-electron chi connectivity index (χ2n) is 7.59. The number of halogens is 1. The molecule has 0 fully saturated rings. The number of benzene rings is 1. The fourth-order valence-corrected chi connectivity index (χ4v) is 3.54. The van der Waals surface area contributed by atoms with Gasteiger partial charge < -0.3 is 10.4 Å². The van der Waals surface area contributed by atoms with Crippen molar-refractivity contribution in [1.82, 2.24) is 15.0 Å². The van der Waals surface area contributed by atoms with E-state index < -0.39 is 10.0 Å². The molecule has 160 valence electrons. The zero-order valence-corrected chi connectivity index (χ0v) is 18.6. The van der Waals surface area contributed by atoms with Gasteiger partial charge in [-0.1, -0.05) is 44.5 Å². The van der Waals surface area contributed by atoms with Crippen molar-refractivity contribution in [2.45, 2.75) is 45.6 Å². The Kier molecular flexibility index (Phi) is 8.18. The number of hydrogen-bond acceptors (Lipinski definition) is 7. The molecule has 0 aliphatic heterocycles. The highest BCUT2D eigenvalue weighted by Crippen LogP contribution is 2.23. The minimum Gasteiger partial charge on any atom is -0.394 e. The largest absolute Gasteiger partial charge is 0.394 e. The lowest BCUT2D eigenvalue weighted by molar-refractivity contribution is 0.259. The Balaban J connectivity index is 2.30. The van der Waals surface area contributed by atoms with Crippen molar-refractivity contribution in [3.8, 4) is 0 Å². The van der Waals surface area contributed by atoms with Crippen LogP contribution in [0, 0.1) is 5.92 Å². The van der Waals surface area contributed by atoms with Gasteiger partial charge in [0.1, 0.15) is 5.82 Å². The molecule has 1 heterocycles. The average molecular weight is 442 g/mol. The van der Waals surface area contributed by atoms with Gasteiger partial charge in [0.15, 0.2) is 0 Å². The van der Waals surface area contributed by atoms with Crippen LogP contribution in [0.2, 0.25) is 5.02 Å². The molecule has 0 saturated heterocycles. The number of rotatable bonds is 10. The molecule has 29 heavy (non-hydrogen) atoms. The summed E-state index contributed by atoms with van der Waals surface area (Å²) < 4.78 is 25.6. The molecule has 0 radical (unpaired) electrons. The molecule has 0 bridgehead atoms. The van der Waals surface area contributed by atoms with E-state index in [4.69, 9.17) is 11.6 Å². The highest BCUT2D eigenvalue weighted by molar-refractivity contribution is 7.91. The standard InChI is InChI=1S/C19H28ClN5O3S/c1-12(2)8-16(11-26)21-18-22-17(23-19(24-18)25-29(4,27)28)9-13(3)14-6-5-7-15(20)10-14/h5-7,10,12-13,16,26H,8-9,11H2,1-4H3,(H2,21,22,23,24,25)/t13?,16-/m1/s1. The average Bonchev–Trinajstić information content (AvgIpc) is 2.59. The third-order valence-corrected chi connectivity index (χ3v) is 4.96. The van der Waals surface area contributed by atoms with Gasteiger partial charge in [0.25, 0.3) is 0 Å². The SMILES string of the molecule is CC(C)C[C@H](CO)Nc1nc(CC(C)c2cccc(Cl)c2)nc(NS(C)(=O)=O)n1. The molecule has 10 heteroatoms. The summed E-state index contributed by atoms with van der Waals surface area (Å²) in [6.07, 6.45) is 2.21. The zero-order chi connectivity index (χ0) is 21.6. The molecular weight excluding hydrogens is 414 g/mol. The first-order valence-corrected chi connectivity index (χ1v) is 11.7. The van der Waals surface area contributed by atoms with Crippen LogP contribution in [-0.4, -0.2) is 47.4 Å². The monoisotopic (exact) mass is 441 g/mol. The predicted molar refractivity (Wildman–Crippen MR) is 116 cm³/mol. The Bertz CT molecular complexity index is 924. The normalized spacial score (nSPS) is 13.9. The van der Waals surface area contributed by atoms with E-state index in [-0.39, 0.29) is 30.5 Å². The van der Waals surface area contributed by atoms with E-state index in [1.807, 2.05) is 39.0 Å². The molecule has 0 spiro atoms. The molecule has 2 atom stereocenters. The van der Waals surface area contributed by atoms with Gasteiger partial charge in [-0.15, -0.1) is 0 Å². The fourth-order valence-electron chi connectivity index (χ4n) is 2.92. The van der Waals surface area contributed by atoms with Crippen LogP contribution in [0.3, 0.4) is 0 Å². The van der Waals surface area contributed by atoms with Crippen LogP contribution in [-0.2, 0) is 16.4 Å². The van der Waals surface area contributed by atoms with E-state index in [2.05, 4.69) is 25.0 Å². The molecule has 3 N–H and O–H groups in total. The number of nitrogens with zero attached hydrogens (tertiary/aromatic N) is 3. The number of sulfonamides is 1. The highest BCUT2D eigenvalue weighted by atomic mass is 35.5. The summed E-state index contributed by atoms with van der Waals surface area (Å²) in [5.74, 6) is 1.01. The van der Waals surface area contributed by atoms with Crippen molar-refractivity contribution in [2.24, 2.45) is 5.92 Å². The van der Waals surface area contributed by atoms with Crippen molar-refractivity contribution in [3.05, 3.63) is 40.7 Å². The maximum Gasteiger partial charge on any atom is 0.241 e. The second-order valence-corrected chi connectivity index (χ2v) is 9.77. The number of aliphatic hydroxyl groups excluding tert-OH is 1. The van der Waals surface area contributed by atoms with E-state index in [1.165, 1.54) is 0 Å². The Morgan fingerprint density at radius 2 is 1.83 bits per heavy atom. The van der Waals surface area contributed by atoms with Crippen molar-refractivity contribution in [3.63, 3.8) is 0 Å². The van der Waals surface area contributed by atoms with Crippen LogP contribution in [0.15, 0.2) is 24.3 Å². The molecule has 2 rings (SSSR count). The van der Waals surface area contributed by atoms with E-state index in [1.54, 1.807) is 6.07 Å². The lowest BCUT2D eigenvalue weighted by Gasteiger charge is -2.19. The predicted octanol–water partition coefficient (Wildman–Crippen LogP) is 3.06. The number of aromatic nitrogens is 3. The van der Waals surface area contributed by atoms with E-state index in [0.29, 0.717) is 29.6 Å². The van der Waals surface area contributed by atoms with Gasteiger partial charge in [-0.25, -0.2) is 8.42 Å². The van der Waals surface area contributed by atoms with Gasteiger partial charge in [0, 0.05) is 11.4 Å². The van der Waals surface area contributed by atoms with Crippen LogP contribution in [0.5, 0.6) is 0 Å². The van der Waals surface area contributed by atoms with Gasteiger partial charge >= 0.3 is 0 Å².